The zero-order valence-electron chi connectivity index (χ0n) is 14.4. The lowest BCUT2D eigenvalue weighted by Gasteiger charge is -2.11. The van der Waals surface area contributed by atoms with Gasteiger partial charge in [0.2, 0.25) is 0 Å². The van der Waals surface area contributed by atoms with Crippen LogP contribution in [0.4, 0.5) is 0 Å². The number of hydrogen-bond acceptors (Lipinski definition) is 3. The Hall–Kier alpha value is -1.99. The highest BCUT2D eigenvalue weighted by atomic mass is 79.9. The number of rotatable bonds is 3. The molecule has 2 heterocycles. The second-order valence-electron chi connectivity index (χ2n) is 6.07. The van der Waals surface area contributed by atoms with Crippen molar-refractivity contribution in [3.63, 3.8) is 0 Å². The van der Waals surface area contributed by atoms with E-state index >= 15 is 0 Å². The molecule has 0 bridgehead atoms. The maximum absolute atomic E-state index is 12.2. The molecular formula is C18H18BrN3O2S. The van der Waals surface area contributed by atoms with Crippen LogP contribution >= 0.6 is 15.9 Å². The number of primary amides is 1. The monoisotopic (exact) mass is 419 g/mol. The Labute approximate surface area is 156 Å². The van der Waals surface area contributed by atoms with E-state index in [1.807, 2.05) is 32.9 Å². The van der Waals surface area contributed by atoms with Gasteiger partial charge in [-0.2, -0.15) is 0 Å². The van der Waals surface area contributed by atoms with Crippen molar-refractivity contribution in [2.75, 3.05) is 6.26 Å². The number of nitrogens with two attached hydrogens (primary N) is 1. The molecule has 0 saturated heterocycles. The number of carbonyl (C=O) groups excluding carboxylic acids is 1. The third-order valence-corrected chi connectivity index (χ3v) is 5.47. The Kier molecular flexibility index (Phi) is 4.55. The molecule has 0 fully saturated rings. The van der Waals surface area contributed by atoms with Crippen LogP contribution in [0.3, 0.4) is 0 Å². The highest BCUT2D eigenvalue weighted by Crippen LogP contribution is 2.35. The van der Waals surface area contributed by atoms with Gasteiger partial charge in [-0.3, -0.25) is 13.4 Å². The molecule has 1 atom stereocenters. The normalized spacial score (nSPS) is 12.5. The third-order valence-electron chi connectivity index (χ3n) is 4.12. The predicted octanol–water partition coefficient (Wildman–Crippen LogP) is 3.53. The summed E-state index contributed by atoms with van der Waals surface area (Å²) in [6.07, 6.45) is 1.58. The first-order valence-electron chi connectivity index (χ1n) is 7.64. The first-order chi connectivity index (χ1) is 11.7. The molecule has 0 radical (unpaired) electrons. The van der Waals surface area contributed by atoms with Crippen molar-refractivity contribution in [3.8, 4) is 11.1 Å². The summed E-state index contributed by atoms with van der Waals surface area (Å²) in [5.74, 6) is -0.578. The quantitative estimate of drug-likeness (QED) is 0.659. The van der Waals surface area contributed by atoms with E-state index in [2.05, 4.69) is 20.9 Å². The van der Waals surface area contributed by atoms with Crippen LogP contribution in [-0.4, -0.2) is 25.8 Å². The lowest BCUT2D eigenvalue weighted by molar-refractivity contribution is 0.0994. The Bertz CT molecular complexity index is 1030. The number of nitrogens with zero attached hydrogens (tertiary/aromatic N) is 2. The van der Waals surface area contributed by atoms with Gasteiger partial charge >= 0.3 is 0 Å². The summed E-state index contributed by atoms with van der Waals surface area (Å²) in [6, 6.07) is 7.50. The van der Waals surface area contributed by atoms with Crippen LogP contribution in [0.15, 0.2) is 33.8 Å². The van der Waals surface area contributed by atoms with Gasteiger partial charge in [-0.25, -0.2) is 4.98 Å². The summed E-state index contributed by atoms with van der Waals surface area (Å²) in [6.45, 7) is 5.86. The standard InChI is InChI=1S/C18H18BrN3O2S/c1-9-5-12(19)6-10(2)16(9)13-8-14(17(20)23)22-15(25(4)24)7-11(3)21-18(13)22/h5-8H,1-4H3,(H2,20,23). The third kappa shape index (κ3) is 3.02. The van der Waals surface area contributed by atoms with Gasteiger partial charge in [-0.15, -0.1) is 0 Å². The molecular weight excluding hydrogens is 402 g/mol. The van der Waals surface area contributed by atoms with Crippen molar-refractivity contribution in [1.82, 2.24) is 9.38 Å². The van der Waals surface area contributed by atoms with Crippen molar-refractivity contribution >= 4 is 38.3 Å². The number of fused-ring (bicyclic) bond motifs is 1. The van der Waals surface area contributed by atoms with Crippen molar-refractivity contribution in [3.05, 3.63) is 51.3 Å². The van der Waals surface area contributed by atoms with Crippen LogP contribution in [0.1, 0.15) is 27.3 Å². The first-order valence-corrected chi connectivity index (χ1v) is 9.99. The number of carbonyl (C=O) groups is 1. The second kappa shape index (κ2) is 6.38. The van der Waals surface area contributed by atoms with Crippen molar-refractivity contribution in [2.24, 2.45) is 5.73 Å². The molecule has 5 nitrogen and oxygen atoms in total. The second-order valence-corrected chi connectivity index (χ2v) is 8.31. The molecule has 0 aliphatic heterocycles. The van der Waals surface area contributed by atoms with Crippen LogP contribution < -0.4 is 5.73 Å². The average Bonchev–Trinajstić information content (AvgIpc) is 2.84. The summed E-state index contributed by atoms with van der Waals surface area (Å²) in [5, 5.41) is 0.509. The van der Waals surface area contributed by atoms with E-state index in [1.54, 1.807) is 22.8 Å². The van der Waals surface area contributed by atoms with E-state index in [-0.39, 0.29) is 5.69 Å². The summed E-state index contributed by atoms with van der Waals surface area (Å²) in [4.78, 5) is 16.6. The fourth-order valence-electron chi connectivity index (χ4n) is 3.19. The van der Waals surface area contributed by atoms with Gasteiger partial charge in [-0.05, 0) is 61.7 Å². The molecule has 0 aliphatic carbocycles. The Morgan fingerprint density at radius 1 is 1.16 bits per heavy atom. The van der Waals surface area contributed by atoms with Gasteiger partial charge in [0.05, 0.1) is 10.8 Å². The lowest BCUT2D eigenvalue weighted by atomic mass is 9.97. The minimum Gasteiger partial charge on any atom is -0.364 e. The van der Waals surface area contributed by atoms with Crippen LogP contribution in [-0.2, 0) is 10.8 Å². The molecule has 7 heteroatoms. The van der Waals surface area contributed by atoms with E-state index < -0.39 is 16.7 Å². The zero-order chi connectivity index (χ0) is 18.5. The molecule has 3 aromatic rings. The maximum atomic E-state index is 12.2. The van der Waals surface area contributed by atoms with Gasteiger partial charge in [-0.1, -0.05) is 15.9 Å². The molecule has 1 amide bonds. The first kappa shape index (κ1) is 17.8. The largest absolute Gasteiger partial charge is 0.364 e. The van der Waals surface area contributed by atoms with Crippen LogP contribution in [0.2, 0.25) is 0 Å². The molecule has 2 aromatic heterocycles. The average molecular weight is 420 g/mol. The number of hydrogen-bond donors (Lipinski definition) is 1. The van der Waals surface area contributed by atoms with E-state index in [1.165, 1.54) is 0 Å². The maximum Gasteiger partial charge on any atom is 0.265 e. The van der Waals surface area contributed by atoms with Gasteiger partial charge in [0.15, 0.2) is 0 Å². The Morgan fingerprint density at radius 3 is 2.28 bits per heavy atom. The summed E-state index contributed by atoms with van der Waals surface area (Å²) < 4.78 is 14.8. The Morgan fingerprint density at radius 2 is 1.76 bits per heavy atom. The predicted molar refractivity (Wildman–Crippen MR) is 103 cm³/mol. The zero-order valence-corrected chi connectivity index (χ0v) is 16.8. The smallest absolute Gasteiger partial charge is 0.265 e. The summed E-state index contributed by atoms with van der Waals surface area (Å²) in [7, 11) is -1.29. The molecule has 0 spiro atoms. The van der Waals surface area contributed by atoms with E-state index in [9.17, 15) is 9.00 Å². The van der Waals surface area contributed by atoms with Gasteiger partial charge in [0.1, 0.15) is 16.4 Å². The summed E-state index contributed by atoms with van der Waals surface area (Å²) >= 11 is 3.50. The molecule has 130 valence electrons. The number of benzene rings is 1. The molecule has 1 aromatic carbocycles. The molecule has 3 rings (SSSR count). The molecule has 25 heavy (non-hydrogen) atoms. The fraction of sp³-hybridized carbons (Fsp3) is 0.222. The minimum absolute atomic E-state index is 0.282. The molecule has 1 unspecified atom stereocenters. The SMILES string of the molecule is Cc1cc(S(C)=O)n2c(C(N)=O)cc(-c3c(C)cc(Br)cc3C)c2n1. The van der Waals surface area contributed by atoms with Crippen molar-refractivity contribution in [1.29, 1.82) is 0 Å². The fourth-order valence-corrected chi connectivity index (χ4v) is 4.65. The van der Waals surface area contributed by atoms with Crippen LogP contribution in [0, 0.1) is 20.8 Å². The van der Waals surface area contributed by atoms with Crippen LogP contribution in [0.5, 0.6) is 0 Å². The van der Waals surface area contributed by atoms with E-state index in [0.29, 0.717) is 10.7 Å². The lowest BCUT2D eigenvalue weighted by Crippen LogP contribution is -2.16. The van der Waals surface area contributed by atoms with Crippen LogP contribution in [0.25, 0.3) is 16.8 Å². The van der Waals surface area contributed by atoms with Crippen molar-refractivity contribution < 1.29 is 9.00 Å². The minimum atomic E-state index is -1.29. The highest BCUT2D eigenvalue weighted by Gasteiger charge is 2.22. The molecule has 0 aliphatic rings. The summed E-state index contributed by atoms with van der Waals surface area (Å²) in [5.41, 5.74) is 11.1. The van der Waals surface area contributed by atoms with Gasteiger partial charge in [0.25, 0.3) is 5.91 Å². The van der Waals surface area contributed by atoms with Crippen molar-refractivity contribution in [2.45, 2.75) is 25.8 Å². The number of amides is 1. The molecule has 2 N–H and O–H groups in total. The highest BCUT2D eigenvalue weighted by molar-refractivity contribution is 9.10. The van der Waals surface area contributed by atoms with E-state index in [4.69, 9.17) is 5.73 Å². The van der Waals surface area contributed by atoms with Gasteiger partial charge in [0, 0.05) is 22.0 Å². The topological polar surface area (TPSA) is 77.5 Å². The Balaban J connectivity index is 2.50. The van der Waals surface area contributed by atoms with Gasteiger partial charge < -0.3 is 5.73 Å². The van der Waals surface area contributed by atoms with E-state index in [0.717, 1.165) is 32.4 Å². The molecule has 0 saturated carbocycles. The number of aromatic nitrogens is 2. The number of halogens is 1. The number of aryl methyl sites for hydroxylation is 3.